The summed E-state index contributed by atoms with van der Waals surface area (Å²) in [5.41, 5.74) is 1.74. The number of hydrogen-bond acceptors (Lipinski definition) is 5. The van der Waals surface area contributed by atoms with Crippen molar-refractivity contribution in [1.82, 2.24) is 14.8 Å². The van der Waals surface area contributed by atoms with Gasteiger partial charge in [-0.05, 0) is 62.4 Å². The molecular formula is C19H23ClFN3O3. The van der Waals surface area contributed by atoms with Gasteiger partial charge in [0.15, 0.2) is 0 Å². The molecule has 1 atom stereocenters. The van der Waals surface area contributed by atoms with E-state index in [0.29, 0.717) is 30.1 Å². The minimum absolute atomic E-state index is 0. The molecule has 0 radical (unpaired) electrons. The molecule has 2 aromatic heterocycles. The second-order valence-corrected chi connectivity index (χ2v) is 7.19. The maximum Gasteiger partial charge on any atom is 0.362 e. The molecule has 1 saturated carbocycles. The number of carbonyl (C=O) groups is 1. The van der Waals surface area contributed by atoms with Crippen LogP contribution in [0.2, 0.25) is 0 Å². The van der Waals surface area contributed by atoms with E-state index in [1.54, 1.807) is 18.1 Å². The molecule has 0 aromatic carbocycles. The summed E-state index contributed by atoms with van der Waals surface area (Å²) in [5, 5.41) is 4.72. The fourth-order valence-corrected chi connectivity index (χ4v) is 3.70. The van der Waals surface area contributed by atoms with Crippen LogP contribution in [0.5, 0.6) is 0 Å². The number of rotatable bonds is 4. The Morgan fingerprint density at radius 1 is 1.30 bits per heavy atom. The SMILES string of the molecule is CNC1CCN(OC(=O)c2cc(C3CC3)c3c(C)cc(F)cn3c2=O)C1.Cl. The predicted molar refractivity (Wildman–Crippen MR) is 102 cm³/mol. The summed E-state index contributed by atoms with van der Waals surface area (Å²) in [5.74, 6) is -0.868. The van der Waals surface area contributed by atoms with Crippen LogP contribution >= 0.6 is 12.4 Å². The second kappa shape index (κ2) is 7.58. The first-order valence-corrected chi connectivity index (χ1v) is 8.98. The summed E-state index contributed by atoms with van der Waals surface area (Å²) >= 11 is 0. The standard InChI is InChI=1S/C19H22FN3O3.ClH/c1-11-7-13(20)9-23-17(11)15(12-3-4-12)8-16(18(23)24)19(25)26-22-6-5-14(10-22)21-2;/h7-9,12,14,21H,3-6,10H2,1-2H3;1H. The summed E-state index contributed by atoms with van der Waals surface area (Å²) in [6.45, 7) is 2.99. The summed E-state index contributed by atoms with van der Waals surface area (Å²) in [6, 6.07) is 3.33. The van der Waals surface area contributed by atoms with Gasteiger partial charge in [-0.25, -0.2) is 9.18 Å². The molecule has 2 fully saturated rings. The smallest absolute Gasteiger partial charge is 0.362 e. The van der Waals surface area contributed by atoms with E-state index < -0.39 is 17.3 Å². The summed E-state index contributed by atoms with van der Waals surface area (Å²) in [4.78, 5) is 30.9. The largest absolute Gasteiger partial charge is 0.364 e. The fourth-order valence-electron chi connectivity index (χ4n) is 3.70. The highest BCUT2D eigenvalue weighted by atomic mass is 35.5. The second-order valence-electron chi connectivity index (χ2n) is 7.19. The molecule has 8 heteroatoms. The molecule has 0 bridgehead atoms. The van der Waals surface area contributed by atoms with Gasteiger partial charge in [0, 0.05) is 18.8 Å². The molecular weight excluding hydrogens is 373 g/mol. The summed E-state index contributed by atoms with van der Waals surface area (Å²) < 4.78 is 15.1. The van der Waals surface area contributed by atoms with Crippen LogP contribution in [0.3, 0.4) is 0 Å². The van der Waals surface area contributed by atoms with Crippen molar-refractivity contribution in [2.45, 2.75) is 38.1 Å². The molecule has 1 N–H and O–H groups in total. The molecule has 3 heterocycles. The lowest BCUT2D eigenvalue weighted by molar-refractivity contribution is -0.0941. The Balaban J connectivity index is 0.00000210. The summed E-state index contributed by atoms with van der Waals surface area (Å²) in [7, 11) is 1.87. The van der Waals surface area contributed by atoms with Crippen molar-refractivity contribution in [3.05, 3.63) is 51.2 Å². The van der Waals surface area contributed by atoms with Crippen LogP contribution in [0, 0.1) is 12.7 Å². The van der Waals surface area contributed by atoms with E-state index in [4.69, 9.17) is 4.84 Å². The van der Waals surface area contributed by atoms with Gasteiger partial charge in [-0.2, -0.15) is 0 Å². The number of fused-ring (bicyclic) bond motifs is 1. The average molecular weight is 396 g/mol. The molecule has 1 aliphatic heterocycles. The van der Waals surface area contributed by atoms with Crippen molar-refractivity contribution >= 4 is 23.9 Å². The Morgan fingerprint density at radius 3 is 2.67 bits per heavy atom. The number of nitrogens with one attached hydrogen (secondary N) is 1. The first kappa shape index (κ1) is 19.8. The van der Waals surface area contributed by atoms with Crippen molar-refractivity contribution in [1.29, 1.82) is 0 Å². The van der Waals surface area contributed by atoms with Gasteiger partial charge in [0.25, 0.3) is 5.56 Å². The highest BCUT2D eigenvalue weighted by molar-refractivity contribution is 5.90. The lowest BCUT2D eigenvalue weighted by Gasteiger charge is -2.17. The van der Waals surface area contributed by atoms with Gasteiger partial charge in [-0.3, -0.25) is 9.20 Å². The van der Waals surface area contributed by atoms with E-state index in [1.165, 1.54) is 10.5 Å². The third-order valence-corrected chi connectivity index (χ3v) is 5.25. The third-order valence-electron chi connectivity index (χ3n) is 5.25. The molecule has 146 valence electrons. The van der Waals surface area contributed by atoms with E-state index in [2.05, 4.69) is 5.32 Å². The maximum atomic E-state index is 13.9. The Labute approximate surface area is 162 Å². The van der Waals surface area contributed by atoms with Crippen LogP contribution in [-0.4, -0.2) is 41.6 Å². The van der Waals surface area contributed by atoms with Crippen LogP contribution in [0.15, 0.2) is 23.1 Å². The Bertz CT molecular complexity index is 942. The number of aromatic nitrogens is 1. The van der Waals surface area contributed by atoms with E-state index in [9.17, 15) is 14.0 Å². The van der Waals surface area contributed by atoms with Gasteiger partial charge in [-0.15, -0.1) is 17.5 Å². The molecule has 1 unspecified atom stereocenters. The van der Waals surface area contributed by atoms with Crippen LogP contribution in [0.1, 0.15) is 46.7 Å². The zero-order valence-corrected chi connectivity index (χ0v) is 16.1. The average Bonchev–Trinajstić information content (AvgIpc) is 3.35. The molecule has 1 saturated heterocycles. The fraction of sp³-hybridized carbons (Fsp3) is 0.474. The Kier molecular flexibility index (Phi) is 5.55. The van der Waals surface area contributed by atoms with Crippen molar-refractivity contribution in [2.24, 2.45) is 0 Å². The molecule has 0 amide bonds. The van der Waals surface area contributed by atoms with Crippen molar-refractivity contribution in [2.75, 3.05) is 20.1 Å². The number of likely N-dealkylation sites (N-methyl/N-ethyl adjacent to an activating group) is 1. The summed E-state index contributed by atoms with van der Waals surface area (Å²) in [6.07, 6.45) is 4.04. The number of pyridine rings is 2. The first-order valence-electron chi connectivity index (χ1n) is 8.98. The number of hydrogen-bond donors (Lipinski definition) is 1. The van der Waals surface area contributed by atoms with Crippen LogP contribution in [-0.2, 0) is 4.84 Å². The van der Waals surface area contributed by atoms with Crippen LogP contribution in [0.25, 0.3) is 5.52 Å². The molecule has 27 heavy (non-hydrogen) atoms. The highest BCUT2D eigenvalue weighted by Gasteiger charge is 2.31. The topological polar surface area (TPSA) is 63.1 Å². The van der Waals surface area contributed by atoms with Crippen molar-refractivity contribution in [3.8, 4) is 0 Å². The molecule has 2 aliphatic rings. The molecule has 2 aromatic rings. The monoisotopic (exact) mass is 395 g/mol. The van der Waals surface area contributed by atoms with E-state index >= 15 is 0 Å². The zero-order valence-electron chi connectivity index (χ0n) is 15.3. The Hall–Kier alpha value is -1.96. The van der Waals surface area contributed by atoms with Crippen molar-refractivity contribution in [3.63, 3.8) is 0 Å². The highest BCUT2D eigenvalue weighted by Crippen LogP contribution is 2.42. The lowest BCUT2D eigenvalue weighted by atomic mass is 10.0. The van der Waals surface area contributed by atoms with Gasteiger partial charge in [0.1, 0.15) is 11.4 Å². The van der Waals surface area contributed by atoms with Crippen LogP contribution < -0.4 is 10.9 Å². The van der Waals surface area contributed by atoms with Gasteiger partial charge in [-0.1, -0.05) is 0 Å². The molecule has 1 aliphatic carbocycles. The van der Waals surface area contributed by atoms with Crippen molar-refractivity contribution < 1.29 is 14.0 Å². The quantitative estimate of drug-likeness (QED) is 0.861. The lowest BCUT2D eigenvalue weighted by Crippen LogP contribution is -2.33. The molecule has 0 spiro atoms. The minimum atomic E-state index is -0.676. The Morgan fingerprint density at radius 2 is 2.04 bits per heavy atom. The van der Waals surface area contributed by atoms with Gasteiger partial charge < -0.3 is 10.2 Å². The predicted octanol–water partition coefficient (Wildman–Crippen LogP) is 2.41. The van der Waals surface area contributed by atoms with E-state index in [-0.39, 0.29) is 24.0 Å². The van der Waals surface area contributed by atoms with E-state index in [1.807, 2.05) is 7.05 Å². The molecule has 4 rings (SSSR count). The first-order chi connectivity index (χ1) is 12.5. The number of carbonyl (C=O) groups excluding carboxylic acids is 1. The number of hydroxylamine groups is 2. The van der Waals surface area contributed by atoms with E-state index in [0.717, 1.165) is 31.0 Å². The normalized spacial score (nSPS) is 19.9. The zero-order chi connectivity index (χ0) is 18.4. The van der Waals surface area contributed by atoms with Gasteiger partial charge in [0.05, 0.1) is 12.1 Å². The van der Waals surface area contributed by atoms with Crippen LogP contribution in [0.4, 0.5) is 4.39 Å². The maximum absolute atomic E-state index is 13.9. The van der Waals surface area contributed by atoms with Gasteiger partial charge in [0.2, 0.25) is 0 Å². The third kappa shape index (κ3) is 3.72. The molecule has 6 nitrogen and oxygen atoms in total. The minimum Gasteiger partial charge on any atom is -0.364 e. The number of nitrogens with zero attached hydrogens (tertiary/aromatic N) is 2. The number of halogens is 2. The van der Waals surface area contributed by atoms with Gasteiger partial charge >= 0.3 is 5.97 Å². The number of aryl methyl sites for hydroxylation is 1.